The number of carbonyl (C=O) groups excluding carboxylic acids is 3. The highest BCUT2D eigenvalue weighted by Gasteiger charge is 2.51. The van der Waals surface area contributed by atoms with Crippen LogP contribution in [0.5, 0.6) is 0 Å². The van der Waals surface area contributed by atoms with Crippen LogP contribution in [0.25, 0.3) is 0 Å². The van der Waals surface area contributed by atoms with Gasteiger partial charge in [0.25, 0.3) is 5.91 Å². The Morgan fingerprint density at radius 3 is 2.41 bits per heavy atom. The lowest BCUT2D eigenvalue weighted by molar-refractivity contribution is -0.138. The number of anilines is 1. The molecule has 0 aliphatic carbocycles. The first-order valence-electron chi connectivity index (χ1n) is 12.6. The van der Waals surface area contributed by atoms with Gasteiger partial charge in [-0.2, -0.15) is 0 Å². The summed E-state index contributed by atoms with van der Waals surface area (Å²) >= 11 is 0. The van der Waals surface area contributed by atoms with E-state index in [-0.39, 0.29) is 42.1 Å². The average molecular weight is 471 g/mol. The molecule has 34 heavy (non-hydrogen) atoms. The summed E-state index contributed by atoms with van der Waals surface area (Å²) in [6.07, 6.45) is 0.278. The van der Waals surface area contributed by atoms with E-state index in [1.54, 1.807) is 4.90 Å². The van der Waals surface area contributed by atoms with Gasteiger partial charge in [-0.1, -0.05) is 27.7 Å². The summed E-state index contributed by atoms with van der Waals surface area (Å²) in [4.78, 5) is 45.4. The molecule has 2 amide bonds. The van der Waals surface area contributed by atoms with E-state index in [4.69, 9.17) is 4.74 Å². The summed E-state index contributed by atoms with van der Waals surface area (Å²) < 4.78 is 5.63. The molecule has 1 N–H and O–H groups in total. The van der Waals surface area contributed by atoms with Gasteiger partial charge in [0, 0.05) is 49.9 Å². The number of piperazine rings is 1. The summed E-state index contributed by atoms with van der Waals surface area (Å²) in [5, 5.41) is 2.96. The first-order valence-corrected chi connectivity index (χ1v) is 12.6. The number of ketones is 1. The number of Topliss-reactive ketones (excluding diaryl/α,β-unsaturated/α-hetero) is 1. The zero-order valence-electron chi connectivity index (χ0n) is 20.8. The Kier molecular flexibility index (Phi) is 7.57. The molecule has 3 fully saturated rings. The maximum atomic E-state index is 13.5. The number of likely N-dealkylation sites (N-methyl/N-ethyl adjacent to an activating group) is 1. The second-order valence-corrected chi connectivity index (χ2v) is 10.3. The van der Waals surface area contributed by atoms with Crippen molar-refractivity contribution in [3.8, 4) is 0 Å². The maximum Gasteiger partial charge on any atom is 0.251 e. The van der Waals surface area contributed by atoms with Gasteiger partial charge in [0.2, 0.25) is 5.91 Å². The molecule has 1 unspecified atom stereocenters. The highest BCUT2D eigenvalue weighted by atomic mass is 16.5. The van der Waals surface area contributed by atoms with Crippen LogP contribution >= 0.6 is 0 Å². The van der Waals surface area contributed by atoms with Crippen molar-refractivity contribution in [2.24, 2.45) is 11.8 Å². The Balaban J connectivity index is 1.42. The average Bonchev–Trinajstić information content (AvgIpc) is 3.38. The summed E-state index contributed by atoms with van der Waals surface area (Å²) in [5.74, 6) is -0.190. The second-order valence-electron chi connectivity index (χ2n) is 10.3. The molecule has 0 bridgehead atoms. The molecule has 8 nitrogen and oxygen atoms in total. The lowest BCUT2D eigenvalue weighted by Crippen LogP contribution is -2.52. The van der Waals surface area contributed by atoms with Gasteiger partial charge in [-0.05, 0) is 43.1 Å². The summed E-state index contributed by atoms with van der Waals surface area (Å²) in [6.45, 7) is 13.9. The van der Waals surface area contributed by atoms with Crippen molar-refractivity contribution >= 4 is 23.3 Å². The maximum absolute atomic E-state index is 13.5. The molecule has 1 aromatic carbocycles. The normalized spacial score (nSPS) is 26.1. The van der Waals surface area contributed by atoms with Crippen LogP contribution in [-0.2, 0) is 14.3 Å². The Labute approximate surface area is 202 Å². The lowest BCUT2D eigenvalue weighted by Gasteiger charge is -2.35. The molecule has 3 heterocycles. The number of hydrogen-bond donors (Lipinski definition) is 1. The molecular formula is C26H38N4O4. The van der Waals surface area contributed by atoms with E-state index < -0.39 is 12.1 Å². The summed E-state index contributed by atoms with van der Waals surface area (Å²) in [6, 6.07) is 6.43. The van der Waals surface area contributed by atoms with Crippen molar-refractivity contribution in [1.29, 1.82) is 0 Å². The van der Waals surface area contributed by atoms with Crippen LogP contribution in [0.2, 0.25) is 0 Å². The van der Waals surface area contributed by atoms with E-state index in [1.165, 1.54) is 0 Å². The number of hydrogen-bond acceptors (Lipinski definition) is 6. The number of rotatable bonds is 7. The number of amides is 2. The van der Waals surface area contributed by atoms with E-state index in [1.807, 2.05) is 45.0 Å². The first kappa shape index (κ1) is 24.7. The molecule has 3 aliphatic heterocycles. The molecule has 4 atom stereocenters. The molecule has 0 aromatic heterocycles. The third-order valence-corrected chi connectivity index (χ3v) is 7.35. The van der Waals surface area contributed by atoms with Crippen molar-refractivity contribution < 1.29 is 19.1 Å². The van der Waals surface area contributed by atoms with Gasteiger partial charge in [-0.3, -0.25) is 14.4 Å². The number of carbonyl (C=O) groups is 3. The number of likely N-dealkylation sites (tertiary alicyclic amines) is 1. The Morgan fingerprint density at radius 2 is 1.79 bits per heavy atom. The molecule has 8 heteroatoms. The minimum Gasteiger partial charge on any atom is -0.369 e. The topological polar surface area (TPSA) is 82.2 Å². The van der Waals surface area contributed by atoms with E-state index in [2.05, 4.69) is 22.0 Å². The molecule has 0 spiro atoms. The fraction of sp³-hybridized carbons (Fsp3) is 0.654. The first-order chi connectivity index (χ1) is 16.3. The number of ether oxygens (including phenoxy) is 1. The second kappa shape index (κ2) is 10.4. The summed E-state index contributed by atoms with van der Waals surface area (Å²) in [7, 11) is 0. The van der Waals surface area contributed by atoms with Gasteiger partial charge in [-0.15, -0.1) is 0 Å². The quantitative estimate of drug-likeness (QED) is 0.654. The standard InChI is InChI=1S/C26H38N4O4/c1-5-28-10-12-29(13-11-28)20-8-6-19(7-9-20)25(32)27-21(14-17(2)3)26(33)30-15-18(4)24-23(30)22(31)16-34-24/h6-9,17-18,21,23-24H,5,10-16H2,1-4H3,(H,27,32)/t18-,21?,23-,24-/m1/s1. The van der Waals surface area contributed by atoms with Crippen LogP contribution in [0.1, 0.15) is 44.5 Å². The third kappa shape index (κ3) is 5.13. The van der Waals surface area contributed by atoms with Crippen LogP contribution < -0.4 is 10.2 Å². The van der Waals surface area contributed by atoms with Gasteiger partial charge in [-0.25, -0.2) is 0 Å². The van der Waals surface area contributed by atoms with Crippen LogP contribution in [0.4, 0.5) is 5.69 Å². The molecular weight excluding hydrogens is 432 g/mol. The predicted molar refractivity (Wildman–Crippen MR) is 131 cm³/mol. The molecule has 1 aromatic rings. The van der Waals surface area contributed by atoms with Gasteiger partial charge in [0.15, 0.2) is 5.78 Å². The fourth-order valence-corrected chi connectivity index (χ4v) is 5.40. The molecule has 4 rings (SSSR count). The molecule has 3 saturated heterocycles. The Morgan fingerprint density at radius 1 is 1.12 bits per heavy atom. The largest absolute Gasteiger partial charge is 0.369 e. The minimum atomic E-state index is -0.673. The third-order valence-electron chi connectivity index (χ3n) is 7.35. The SMILES string of the molecule is CCN1CCN(c2ccc(C(=O)NC(CC(C)C)C(=O)N3C[C@@H](C)[C@H]4OCC(=O)[C@H]43)cc2)CC1. The van der Waals surface area contributed by atoms with Crippen LogP contribution in [0.15, 0.2) is 24.3 Å². The molecule has 0 radical (unpaired) electrons. The van der Waals surface area contributed by atoms with E-state index in [0.717, 1.165) is 38.4 Å². The van der Waals surface area contributed by atoms with Gasteiger partial charge in [0.1, 0.15) is 18.7 Å². The molecule has 0 saturated carbocycles. The zero-order chi connectivity index (χ0) is 24.4. The van der Waals surface area contributed by atoms with E-state index in [9.17, 15) is 14.4 Å². The summed E-state index contributed by atoms with van der Waals surface area (Å²) in [5.41, 5.74) is 1.64. The smallest absolute Gasteiger partial charge is 0.251 e. The van der Waals surface area contributed by atoms with E-state index in [0.29, 0.717) is 18.5 Å². The zero-order valence-corrected chi connectivity index (χ0v) is 20.8. The highest BCUT2D eigenvalue weighted by Crippen LogP contribution is 2.32. The van der Waals surface area contributed by atoms with Crippen molar-refractivity contribution in [2.75, 3.05) is 50.8 Å². The highest BCUT2D eigenvalue weighted by molar-refractivity contribution is 5.99. The minimum absolute atomic E-state index is 0.0484. The van der Waals surface area contributed by atoms with Crippen LogP contribution in [0.3, 0.4) is 0 Å². The monoisotopic (exact) mass is 470 g/mol. The predicted octanol–water partition coefficient (Wildman–Crippen LogP) is 1.79. The molecule has 3 aliphatic rings. The molecule has 186 valence electrons. The number of nitrogens with one attached hydrogen (secondary N) is 1. The number of fused-ring (bicyclic) bond motifs is 1. The number of nitrogens with zero attached hydrogens (tertiary/aromatic N) is 3. The van der Waals surface area contributed by atoms with Gasteiger partial charge < -0.3 is 24.8 Å². The van der Waals surface area contributed by atoms with Crippen molar-refractivity contribution in [3.05, 3.63) is 29.8 Å². The van der Waals surface area contributed by atoms with E-state index >= 15 is 0 Å². The van der Waals surface area contributed by atoms with Crippen molar-refractivity contribution in [3.63, 3.8) is 0 Å². The Bertz CT molecular complexity index is 895. The fourth-order valence-electron chi connectivity index (χ4n) is 5.40. The van der Waals surface area contributed by atoms with Gasteiger partial charge in [0.05, 0.1) is 6.10 Å². The van der Waals surface area contributed by atoms with Crippen molar-refractivity contribution in [2.45, 2.75) is 52.3 Å². The van der Waals surface area contributed by atoms with Crippen molar-refractivity contribution in [1.82, 2.24) is 15.1 Å². The van der Waals surface area contributed by atoms with Crippen LogP contribution in [-0.4, -0.2) is 91.5 Å². The number of benzene rings is 1. The lowest BCUT2D eigenvalue weighted by atomic mass is 10.0. The van der Waals surface area contributed by atoms with Crippen LogP contribution in [0, 0.1) is 11.8 Å². The van der Waals surface area contributed by atoms with Gasteiger partial charge >= 0.3 is 0 Å². The Hall–Kier alpha value is -2.45.